The minimum atomic E-state index is -1.28. The Morgan fingerprint density at radius 1 is 1.06 bits per heavy atom. The Labute approximate surface area is 209 Å². The van der Waals surface area contributed by atoms with Crippen LogP contribution in [0, 0.1) is 0 Å². The number of carboxylic acid groups (broad SMARTS) is 1. The van der Waals surface area contributed by atoms with Crippen LogP contribution in [-0.4, -0.2) is 59.7 Å². The maximum atomic E-state index is 12.3. The number of hydrogen-bond acceptors (Lipinski definition) is 6. The highest BCUT2D eigenvalue weighted by molar-refractivity contribution is 5.76. The van der Waals surface area contributed by atoms with Crippen molar-refractivity contribution in [2.75, 3.05) is 13.2 Å². The van der Waals surface area contributed by atoms with Gasteiger partial charge < -0.3 is 30.0 Å². The van der Waals surface area contributed by atoms with E-state index in [0.717, 1.165) is 50.6 Å². The minimum absolute atomic E-state index is 0.0171. The van der Waals surface area contributed by atoms with Crippen LogP contribution in [0.5, 0.6) is 5.75 Å². The first-order chi connectivity index (χ1) is 16.4. The van der Waals surface area contributed by atoms with Crippen molar-refractivity contribution in [3.8, 4) is 5.75 Å². The van der Waals surface area contributed by atoms with Gasteiger partial charge in [-0.3, -0.25) is 0 Å². The van der Waals surface area contributed by atoms with Crippen LogP contribution in [0.3, 0.4) is 0 Å². The minimum Gasteiger partial charge on any atom is -0.478 e. The SMILES string of the molecule is CC(C)(C)OC(=O)NC1CCCN[C@H]1COC1CCC(c2ccccc2OC(C)(C)C(=O)O)CC1. The van der Waals surface area contributed by atoms with Crippen molar-refractivity contribution >= 4 is 12.1 Å². The Morgan fingerprint density at radius 3 is 2.40 bits per heavy atom. The first-order valence-corrected chi connectivity index (χ1v) is 12.8. The molecule has 0 spiro atoms. The number of carbonyl (C=O) groups excluding carboxylic acids is 1. The van der Waals surface area contributed by atoms with Crippen molar-refractivity contribution in [1.82, 2.24) is 10.6 Å². The Balaban J connectivity index is 1.51. The van der Waals surface area contributed by atoms with Crippen LogP contribution in [0.25, 0.3) is 0 Å². The van der Waals surface area contributed by atoms with Crippen molar-refractivity contribution in [3.05, 3.63) is 29.8 Å². The molecule has 2 aliphatic rings. The number of carbonyl (C=O) groups is 2. The molecule has 1 aromatic rings. The van der Waals surface area contributed by atoms with Crippen molar-refractivity contribution in [1.29, 1.82) is 0 Å². The van der Waals surface area contributed by atoms with Crippen molar-refractivity contribution in [2.45, 2.75) is 108 Å². The van der Waals surface area contributed by atoms with Crippen LogP contribution in [0.4, 0.5) is 4.79 Å². The topological polar surface area (TPSA) is 106 Å². The van der Waals surface area contributed by atoms with Gasteiger partial charge in [-0.25, -0.2) is 9.59 Å². The third kappa shape index (κ3) is 8.10. The van der Waals surface area contributed by atoms with E-state index < -0.39 is 17.2 Å². The van der Waals surface area contributed by atoms with E-state index >= 15 is 0 Å². The summed E-state index contributed by atoms with van der Waals surface area (Å²) in [5, 5.41) is 16.0. The third-order valence-electron chi connectivity index (χ3n) is 6.71. The number of alkyl carbamates (subject to hydrolysis) is 1. The number of ether oxygens (including phenoxy) is 3. The number of rotatable bonds is 8. The van der Waals surface area contributed by atoms with Crippen molar-refractivity contribution in [3.63, 3.8) is 0 Å². The summed E-state index contributed by atoms with van der Waals surface area (Å²) >= 11 is 0. The van der Waals surface area contributed by atoms with E-state index in [0.29, 0.717) is 18.3 Å². The van der Waals surface area contributed by atoms with Crippen LogP contribution in [0.2, 0.25) is 0 Å². The number of benzene rings is 1. The maximum absolute atomic E-state index is 12.3. The number of piperidine rings is 1. The fourth-order valence-corrected chi connectivity index (χ4v) is 4.77. The molecule has 1 saturated carbocycles. The number of hydrogen-bond donors (Lipinski definition) is 3. The largest absolute Gasteiger partial charge is 0.478 e. The fraction of sp³-hybridized carbons (Fsp3) is 0.704. The molecule has 3 N–H and O–H groups in total. The van der Waals surface area contributed by atoms with Crippen LogP contribution >= 0.6 is 0 Å². The summed E-state index contributed by atoms with van der Waals surface area (Å²) in [6, 6.07) is 7.79. The Bertz CT molecular complexity index is 857. The van der Waals surface area contributed by atoms with E-state index in [4.69, 9.17) is 14.2 Å². The van der Waals surface area contributed by atoms with Gasteiger partial charge in [-0.1, -0.05) is 18.2 Å². The van der Waals surface area contributed by atoms with Crippen molar-refractivity contribution < 1.29 is 28.9 Å². The molecule has 1 aliphatic heterocycles. The Morgan fingerprint density at radius 2 is 1.74 bits per heavy atom. The van der Waals surface area contributed by atoms with Gasteiger partial charge in [-0.05, 0) is 97.2 Å². The molecule has 8 nitrogen and oxygen atoms in total. The monoisotopic (exact) mass is 490 g/mol. The lowest BCUT2D eigenvalue weighted by atomic mass is 9.82. The number of carboxylic acids is 1. The zero-order chi connectivity index (χ0) is 25.6. The molecule has 1 aliphatic carbocycles. The van der Waals surface area contributed by atoms with Crippen LogP contribution in [-0.2, 0) is 14.3 Å². The Kier molecular flexibility index (Phi) is 9.05. The van der Waals surface area contributed by atoms with Crippen molar-refractivity contribution in [2.24, 2.45) is 0 Å². The molecule has 8 heteroatoms. The molecule has 1 amide bonds. The van der Waals surface area contributed by atoms with Gasteiger partial charge in [0.15, 0.2) is 5.60 Å². The zero-order valence-corrected chi connectivity index (χ0v) is 21.8. The molecule has 2 atom stereocenters. The highest BCUT2D eigenvalue weighted by Crippen LogP contribution is 2.39. The van der Waals surface area contributed by atoms with Gasteiger partial charge in [0.1, 0.15) is 11.4 Å². The number of amides is 1. The summed E-state index contributed by atoms with van der Waals surface area (Å²) in [7, 11) is 0. The lowest BCUT2D eigenvalue weighted by molar-refractivity contribution is -0.152. The smallest absolute Gasteiger partial charge is 0.407 e. The summed E-state index contributed by atoms with van der Waals surface area (Å²) < 4.78 is 17.6. The summed E-state index contributed by atoms with van der Waals surface area (Å²) in [4.78, 5) is 23.8. The second kappa shape index (κ2) is 11.6. The van der Waals surface area contributed by atoms with Gasteiger partial charge in [0.2, 0.25) is 0 Å². The third-order valence-corrected chi connectivity index (χ3v) is 6.71. The van der Waals surface area contributed by atoms with Gasteiger partial charge in [0.05, 0.1) is 18.8 Å². The summed E-state index contributed by atoms with van der Waals surface area (Å²) in [6.45, 7) is 10.2. The van der Waals surface area contributed by atoms with E-state index in [1.807, 2.05) is 45.0 Å². The van der Waals surface area contributed by atoms with E-state index in [2.05, 4.69) is 10.6 Å². The van der Waals surface area contributed by atoms with Gasteiger partial charge in [0, 0.05) is 6.04 Å². The molecule has 1 heterocycles. The molecular formula is C27H42N2O6. The average Bonchev–Trinajstić information content (AvgIpc) is 2.78. The molecule has 1 unspecified atom stereocenters. The average molecular weight is 491 g/mol. The highest BCUT2D eigenvalue weighted by atomic mass is 16.6. The molecule has 0 radical (unpaired) electrons. The second-order valence-electron chi connectivity index (χ2n) is 11.2. The molecule has 2 fully saturated rings. The molecule has 1 aromatic carbocycles. The van der Waals surface area contributed by atoms with Crippen LogP contribution in [0.1, 0.15) is 84.6 Å². The first-order valence-electron chi connectivity index (χ1n) is 12.8. The van der Waals surface area contributed by atoms with E-state index in [1.54, 1.807) is 13.8 Å². The van der Waals surface area contributed by atoms with Crippen LogP contribution in [0.15, 0.2) is 24.3 Å². The normalized spacial score (nSPS) is 25.5. The lowest BCUT2D eigenvalue weighted by Crippen LogP contribution is -2.56. The molecular weight excluding hydrogens is 448 g/mol. The number of para-hydroxylation sites is 1. The van der Waals surface area contributed by atoms with Gasteiger partial charge in [0.25, 0.3) is 0 Å². The Hall–Kier alpha value is -2.32. The van der Waals surface area contributed by atoms with Crippen LogP contribution < -0.4 is 15.4 Å². The molecule has 1 saturated heterocycles. The van der Waals surface area contributed by atoms with Gasteiger partial charge in [-0.2, -0.15) is 0 Å². The van der Waals surface area contributed by atoms with Gasteiger partial charge in [-0.15, -0.1) is 0 Å². The number of nitrogens with one attached hydrogen (secondary N) is 2. The molecule has 196 valence electrons. The quantitative estimate of drug-likeness (QED) is 0.488. The summed E-state index contributed by atoms with van der Waals surface area (Å²) in [5.41, 5.74) is -0.743. The predicted octanol–water partition coefficient (Wildman–Crippen LogP) is 4.62. The fourth-order valence-electron chi connectivity index (χ4n) is 4.77. The standard InChI is InChI=1S/C27H42N2O6/c1-26(2,3)35-25(32)29-21-10-8-16-28-22(21)17-33-19-14-12-18(13-15-19)20-9-6-7-11-23(20)34-27(4,5)24(30)31/h6-7,9,11,18-19,21-22,28H,8,10,12-17H2,1-5H3,(H,29,32)(H,30,31)/t18?,19?,21?,22-/m0/s1. The number of aliphatic carboxylic acids is 1. The molecule has 35 heavy (non-hydrogen) atoms. The van der Waals surface area contributed by atoms with E-state index in [9.17, 15) is 14.7 Å². The lowest BCUT2D eigenvalue weighted by Gasteiger charge is -2.36. The molecule has 3 rings (SSSR count). The molecule has 0 bridgehead atoms. The predicted molar refractivity (Wildman–Crippen MR) is 134 cm³/mol. The second-order valence-corrected chi connectivity index (χ2v) is 11.2. The first kappa shape index (κ1) is 27.3. The zero-order valence-electron chi connectivity index (χ0n) is 21.8. The summed E-state index contributed by atoms with van der Waals surface area (Å²) in [5.74, 6) is -0.0306. The van der Waals surface area contributed by atoms with Gasteiger partial charge >= 0.3 is 12.1 Å². The highest BCUT2D eigenvalue weighted by Gasteiger charge is 2.33. The van der Waals surface area contributed by atoms with E-state index in [1.165, 1.54) is 0 Å². The summed E-state index contributed by atoms with van der Waals surface area (Å²) in [6.07, 6.45) is 5.45. The molecule has 0 aromatic heterocycles. The maximum Gasteiger partial charge on any atom is 0.407 e. The van der Waals surface area contributed by atoms with E-state index in [-0.39, 0.29) is 24.3 Å².